The molecule has 2 aliphatic heterocycles. The second-order valence-electron chi connectivity index (χ2n) is 6.81. The van der Waals surface area contributed by atoms with Crippen LogP contribution in [0.5, 0.6) is 0 Å². The van der Waals surface area contributed by atoms with Crippen LogP contribution in [-0.2, 0) is 9.59 Å². The molecule has 0 aromatic heterocycles. The Morgan fingerprint density at radius 3 is 2.22 bits per heavy atom. The van der Waals surface area contributed by atoms with E-state index in [-0.39, 0.29) is 30.2 Å². The van der Waals surface area contributed by atoms with Crippen molar-refractivity contribution < 1.29 is 19.2 Å². The van der Waals surface area contributed by atoms with E-state index in [4.69, 9.17) is 11.6 Å². The van der Waals surface area contributed by atoms with E-state index in [0.29, 0.717) is 37.1 Å². The van der Waals surface area contributed by atoms with Gasteiger partial charge in [-0.05, 0) is 31.9 Å². The summed E-state index contributed by atoms with van der Waals surface area (Å²) < 4.78 is 0. The average molecular weight is 392 g/mol. The minimum Gasteiger partial charge on any atom is -0.353 e. The lowest BCUT2D eigenvalue weighted by molar-refractivity contribution is -0.136. The zero-order chi connectivity index (χ0) is 19.6. The molecule has 2 aliphatic rings. The van der Waals surface area contributed by atoms with Crippen molar-refractivity contribution >= 4 is 35.2 Å². The molecule has 0 aliphatic carbocycles. The van der Waals surface area contributed by atoms with Crippen LogP contribution >= 0.6 is 11.6 Å². The van der Waals surface area contributed by atoms with Crippen molar-refractivity contribution in [2.45, 2.75) is 38.3 Å². The molecule has 1 aromatic carbocycles. The first kappa shape index (κ1) is 19.4. The number of alkyl halides is 1. The van der Waals surface area contributed by atoms with Gasteiger partial charge in [0, 0.05) is 31.4 Å². The first-order valence-corrected chi connectivity index (χ1v) is 9.58. The van der Waals surface area contributed by atoms with E-state index in [1.54, 1.807) is 36.1 Å². The summed E-state index contributed by atoms with van der Waals surface area (Å²) in [7, 11) is 0. The summed E-state index contributed by atoms with van der Waals surface area (Å²) in [5, 5.41) is 2.91. The molecule has 1 N–H and O–H groups in total. The summed E-state index contributed by atoms with van der Waals surface area (Å²) in [6, 6.07) is 5.75. The van der Waals surface area contributed by atoms with Crippen molar-refractivity contribution in [1.29, 1.82) is 0 Å². The number of likely N-dealkylation sites (tertiary alicyclic amines) is 1. The van der Waals surface area contributed by atoms with Crippen LogP contribution in [0.25, 0.3) is 0 Å². The van der Waals surface area contributed by atoms with Gasteiger partial charge < -0.3 is 10.2 Å². The number of rotatable bonds is 5. The lowest BCUT2D eigenvalue weighted by Crippen LogP contribution is -2.53. The second kappa shape index (κ2) is 8.08. The predicted molar refractivity (Wildman–Crippen MR) is 99.5 cm³/mol. The number of carbonyl (C=O) groups is 4. The molecular formula is C19H22ClN3O4. The number of nitrogens with zero attached hydrogens (tertiary/aromatic N) is 2. The molecule has 27 heavy (non-hydrogen) atoms. The third-order valence-corrected chi connectivity index (χ3v) is 5.25. The Balaban J connectivity index is 1.60. The Morgan fingerprint density at radius 1 is 1.15 bits per heavy atom. The van der Waals surface area contributed by atoms with E-state index < -0.39 is 17.9 Å². The lowest BCUT2D eigenvalue weighted by Gasteiger charge is -2.35. The van der Waals surface area contributed by atoms with Crippen LogP contribution < -0.4 is 5.32 Å². The molecule has 4 amide bonds. The quantitative estimate of drug-likeness (QED) is 0.607. The van der Waals surface area contributed by atoms with Gasteiger partial charge in [0.25, 0.3) is 11.8 Å². The van der Waals surface area contributed by atoms with Gasteiger partial charge in [-0.15, -0.1) is 11.6 Å². The number of halogens is 1. The molecule has 1 saturated heterocycles. The van der Waals surface area contributed by atoms with Crippen molar-refractivity contribution in [2.75, 3.05) is 19.0 Å². The Labute approximate surface area is 162 Å². The van der Waals surface area contributed by atoms with E-state index in [9.17, 15) is 19.2 Å². The standard InChI is InChI=1S/C19H22ClN3O4/c1-12(23-18(26)14-4-2-3-5-15(14)19(23)27)17(25)22-10-7-13(8-11-22)21-16(24)6-9-20/h2-5,12-13H,6-11H2,1H3,(H,21,24). The van der Waals surface area contributed by atoms with Crippen LogP contribution in [0.15, 0.2) is 24.3 Å². The van der Waals surface area contributed by atoms with E-state index in [0.717, 1.165) is 4.90 Å². The number of fused-ring (bicyclic) bond motifs is 1. The van der Waals surface area contributed by atoms with Crippen LogP contribution in [-0.4, -0.2) is 64.5 Å². The average Bonchev–Trinajstić information content (AvgIpc) is 2.92. The Morgan fingerprint density at radius 2 is 1.70 bits per heavy atom. The van der Waals surface area contributed by atoms with Gasteiger partial charge in [0.05, 0.1) is 11.1 Å². The largest absolute Gasteiger partial charge is 0.353 e. The maximum atomic E-state index is 12.8. The molecule has 8 heteroatoms. The van der Waals surface area contributed by atoms with Crippen molar-refractivity contribution in [3.8, 4) is 0 Å². The fourth-order valence-corrected chi connectivity index (χ4v) is 3.74. The van der Waals surface area contributed by atoms with Crippen molar-refractivity contribution in [1.82, 2.24) is 15.1 Å². The number of imide groups is 1. The smallest absolute Gasteiger partial charge is 0.262 e. The number of hydrogen-bond acceptors (Lipinski definition) is 4. The summed E-state index contributed by atoms with van der Waals surface area (Å²) in [6.07, 6.45) is 1.54. The molecule has 0 spiro atoms. The van der Waals surface area contributed by atoms with Gasteiger partial charge in [0.15, 0.2) is 0 Å². The van der Waals surface area contributed by atoms with Gasteiger partial charge in [-0.2, -0.15) is 0 Å². The maximum absolute atomic E-state index is 12.8. The van der Waals surface area contributed by atoms with E-state index in [1.165, 1.54) is 0 Å². The summed E-state index contributed by atoms with van der Waals surface area (Å²) in [4.78, 5) is 52.3. The van der Waals surface area contributed by atoms with Crippen LogP contribution in [0.3, 0.4) is 0 Å². The minimum atomic E-state index is -0.861. The molecule has 0 radical (unpaired) electrons. The molecule has 1 unspecified atom stereocenters. The van der Waals surface area contributed by atoms with Gasteiger partial charge in [0.2, 0.25) is 11.8 Å². The highest BCUT2D eigenvalue weighted by atomic mass is 35.5. The first-order valence-electron chi connectivity index (χ1n) is 9.05. The highest BCUT2D eigenvalue weighted by Crippen LogP contribution is 2.25. The van der Waals surface area contributed by atoms with Crippen LogP contribution in [0.2, 0.25) is 0 Å². The topological polar surface area (TPSA) is 86.8 Å². The number of nitrogens with one attached hydrogen (secondary N) is 1. The molecule has 1 aromatic rings. The predicted octanol–water partition coefficient (Wildman–Crippen LogP) is 1.41. The Hall–Kier alpha value is -2.41. The van der Waals surface area contributed by atoms with Gasteiger partial charge >= 0.3 is 0 Å². The lowest BCUT2D eigenvalue weighted by atomic mass is 10.0. The van der Waals surface area contributed by atoms with Gasteiger partial charge in [-0.25, -0.2) is 0 Å². The van der Waals surface area contributed by atoms with E-state index in [2.05, 4.69) is 5.32 Å². The Bertz CT molecular complexity index is 739. The van der Waals surface area contributed by atoms with Crippen molar-refractivity contribution in [3.05, 3.63) is 35.4 Å². The van der Waals surface area contributed by atoms with E-state index >= 15 is 0 Å². The molecule has 7 nitrogen and oxygen atoms in total. The normalized spacial score (nSPS) is 18.4. The SMILES string of the molecule is CC(C(=O)N1CCC(NC(=O)CCCl)CC1)N1C(=O)c2ccccc2C1=O. The zero-order valence-electron chi connectivity index (χ0n) is 15.1. The summed E-state index contributed by atoms with van der Waals surface area (Å²) in [5.41, 5.74) is 0.672. The molecule has 144 valence electrons. The maximum Gasteiger partial charge on any atom is 0.262 e. The van der Waals surface area contributed by atoms with E-state index in [1.807, 2.05) is 0 Å². The number of hydrogen-bond donors (Lipinski definition) is 1. The summed E-state index contributed by atoms with van der Waals surface area (Å²) in [6.45, 7) is 2.52. The molecule has 1 fully saturated rings. The minimum absolute atomic E-state index is 0.0133. The van der Waals surface area contributed by atoms with Gasteiger partial charge in [-0.3, -0.25) is 24.1 Å². The van der Waals surface area contributed by atoms with Crippen LogP contribution in [0.4, 0.5) is 0 Å². The summed E-state index contributed by atoms with van der Waals surface area (Å²) >= 11 is 5.56. The fraction of sp³-hybridized carbons (Fsp3) is 0.474. The van der Waals surface area contributed by atoms with Crippen LogP contribution in [0.1, 0.15) is 46.9 Å². The highest BCUT2D eigenvalue weighted by molar-refractivity contribution is 6.22. The number of amides is 4. The van der Waals surface area contributed by atoms with Gasteiger partial charge in [-0.1, -0.05) is 12.1 Å². The van der Waals surface area contributed by atoms with Crippen molar-refractivity contribution in [2.24, 2.45) is 0 Å². The summed E-state index contributed by atoms with van der Waals surface area (Å²) in [5.74, 6) is -0.926. The first-order chi connectivity index (χ1) is 12.9. The molecule has 1 atom stereocenters. The molecular weight excluding hydrogens is 370 g/mol. The third kappa shape index (κ3) is 3.83. The van der Waals surface area contributed by atoms with Gasteiger partial charge in [0.1, 0.15) is 6.04 Å². The molecule has 3 rings (SSSR count). The third-order valence-electron chi connectivity index (χ3n) is 5.06. The molecule has 0 bridgehead atoms. The molecule has 0 saturated carbocycles. The fourth-order valence-electron chi connectivity index (χ4n) is 3.56. The second-order valence-corrected chi connectivity index (χ2v) is 7.19. The van der Waals surface area contributed by atoms with Crippen molar-refractivity contribution in [3.63, 3.8) is 0 Å². The van der Waals surface area contributed by atoms with Crippen LogP contribution in [0, 0.1) is 0 Å². The zero-order valence-corrected chi connectivity index (χ0v) is 15.9. The monoisotopic (exact) mass is 391 g/mol. The number of carbonyl (C=O) groups excluding carboxylic acids is 4. The molecule has 2 heterocycles. The number of benzene rings is 1. The number of piperidine rings is 1. The highest BCUT2D eigenvalue weighted by Gasteiger charge is 2.42. The Kier molecular flexibility index (Phi) is 5.79.